The van der Waals surface area contributed by atoms with E-state index >= 15 is 0 Å². The molecule has 3 nitrogen and oxygen atoms in total. The van der Waals surface area contributed by atoms with Crippen molar-refractivity contribution in [2.45, 2.75) is 0 Å². The molecule has 0 atom stereocenters. The second-order valence-electron chi connectivity index (χ2n) is 3.01. The summed E-state index contributed by atoms with van der Waals surface area (Å²) >= 11 is 1.26. The molecule has 0 aliphatic heterocycles. The van der Waals surface area contributed by atoms with Gasteiger partial charge in [-0.2, -0.15) is 0 Å². The van der Waals surface area contributed by atoms with E-state index in [1.807, 2.05) is 0 Å². The van der Waals surface area contributed by atoms with E-state index in [1.54, 1.807) is 24.8 Å². The van der Waals surface area contributed by atoms with Gasteiger partial charge in [-0.1, -0.05) is 0 Å². The van der Waals surface area contributed by atoms with Gasteiger partial charge in [0, 0.05) is 10.7 Å². The van der Waals surface area contributed by atoms with Crippen LogP contribution in [-0.2, 0) is 9.30 Å². The average Bonchev–Trinajstić information content (AvgIpc) is 2.50. The molecule has 0 amide bonds. The Labute approximate surface area is 81.1 Å². The van der Waals surface area contributed by atoms with Crippen molar-refractivity contribution >= 4 is 29.8 Å². The molecule has 0 fully saturated rings. The lowest BCUT2D eigenvalue weighted by Gasteiger charge is -2.00. The first-order valence-corrected chi connectivity index (χ1v) is 7.15. The maximum Gasteiger partial charge on any atom is 0.348 e. The molecular formula is C8H11O3PS. The minimum absolute atomic E-state index is 0.371. The van der Waals surface area contributed by atoms with Gasteiger partial charge in [0.2, 0.25) is 0 Å². The van der Waals surface area contributed by atoms with Crippen LogP contribution in [0.1, 0.15) is 9.67 Å². The molecule has 0 radical (unpaired) electrons. The molecule has 72 valence electrons. The molecule has 0 saturated carbocycles. The normalized spacial score (nSPS) is 11.3. The number of rotatable bonds is 2. The highest BCUT2D eigenvalue weighted by Crippen LogP contribution is 2.36. The third-order valence-electron chi connectivity index (χ3n) is 1.59. The van der Waals surface area contributed by atoms with E-state index in [0.717, 1.165) is 5.30 Å². The van der Waals surface area contributed by atoms with Crippen molar-refractivity contribution in [3.8, 4) is 0 Å². The molecular weight excluding hydrogens is 207 g/mol. The summed E-state index contributed by atoms with van der Waals surface area (Å²) in [7, 11) is -0.912. The third-order valence-corrected chi connectivity index (χ3v) is 4.18. The van der Waals surface area contributed by atoms with Crippen LogP contribution in [0.15, 0.2) is 11.4 Å². The Morgan fingerprint density at radius 2 is 2.15 bits per heavy atom. The Morgan fingerprint density at radius 1 is 1.54 bits per heavy atom. The Bertz CT molecular complexity index is 363. The monoisotopic (exact) mass is 218 g/mol. The van der Waals surface area contributed by atoms with Gasteiger partial charge in [0.15, 0.2) is 0 Å². The van der Waals surface area contributed by atoms with E-state index in [0.29, 0.717) is 4.88 Å². The maximum atomic E-state index is 11.6. The summed E-state index contributed by atoms with van der Waals surface area (Å²) in [5.74, 6) is -0.371. The second-order valence-corrected chi connectivity index (χ2v) is 7.14. The lowest BCUT2D eigenvalue weighted by atomic mass is 10.5. The van der Waals surface area contributed by atoms with Crippen LogP contribution in [0.4, 0.5) is 0 Å². The Hall–Kier alpha value is -0.600. The molecule has 0 saturated heterocycles. The van der Waals surface area contributed by atoms with Gasteiger partial charge in [-0.15, -0.1) is 11.3 Å². The highest BCUT2D eigenvalue weighted by atomic mass is 32.1. The van der Waals surface area contributed by atoms with Gasteiger partial charge in [-0.25, -0.2) is 4.79 Å². The molecule has 0 unspecified atom stereocenters. The van der Waals surface area contributed by atoms with Crippen molar-refractivity contribution in [3.63, 3.8) is 0 Å². The first-order chi connectivity index (χ1) is 5.95. The van der Waals surface area contributed by atoms with E-state index in [-0.39, 0.29) is 5.97 Å². The lowest BCUT2D eigenvalue weighted by Crippen LogP contribution is -2.01. The van der Waals surface area contributed by atoms with Crippen LogP contribution in [0.2, 0.25) is 0 Å². The largest absolute Gasteiger partial charge is 0.465 e. The van der Waals surface area contributed by atoms with Crippen LogP contribution >= 0.6 is 18.5 Å². The number of hydrogen-bond donors (Lipinski definition) is 0. The fourth-order valence-electron chi connectivity index (χ4n) is 0.816. The van der Waals surface area contributed by atoms with Crippen LogP contribution in [-0.4, -0.2) is 26.4 Å². The zero-order valence-electron chi connectivity index (χ0n) is 7.73. The number of ether oxygens (including phenoxy) is 1. The van der Waals surface area contributed by atoms with Crippen molar-refractivity contribution in [3.05, 3.63) is 16.3 Å². The van der Waals surface area contributed by atoms with E-state index in [1.165, 1.54) is 18.4 Å². The van der Waals surface area contributed by atoms with Crippen LogP contribution in [0.5, 0.6) is 0 Å². The van der Waals surface area contributed by atoms with Gasteiger partial charge in [-0.05, 0) is 19.4 Å². The molecule has 5 heteroatoms. The summed E-state index contributed by atoms with van der Waals surface area (Å²) in [6.07, 6.45) is 0. The number of methoxy groups -OCH3 is 1. The van der Waals surface area contributed by atoms with Gasteiger partial charge < -0.3 is 9.30 Å². The third kappa shape index (κ3) is 2.42. The molecule has 0 N–H and O–H groups in total. The van der Waals surface area contributed by atoms with Crippen molar-refractivity contribution in [1.29, 1.82) is 0 Å². The summed E-state index contributed by atoms with van der Waals surface area (Å²) in [5, 5.41) is 2.48. The molecule has 0 aliphatic carbocycles. The summed E-state index contributed by atoms with van der Waals surface area (Å²) in [4.78, 5) is 11.6. The quantitative estimate of drug-likeness (QED) is 0.561. The first-order valence-electron chi connectivity index (χ1n) is 3.67. The summed E-state index contributed by atoms with van der Waals surface area (Å²) in [6, 6.07) is 1.64. The number of thiophene rings is 1. The highest BCUT2D eigenvalue weighted by molar-refractivity contribution is 7.70. The molecule has 0 aliphatic rings. The van der Waals surface area contributed by atoms with Gasteiger partial charge in [0.25, 0.3) is 0 Å². The van der Waals surface area contributed by atoms with Gasteiger partial charge in [-0.3, -0.25) is 0 Å². The predicted molar refractivity (Wildman–Crippen MR) is 54.7 cm³/mol. The molecule has 1 aromatic rings. The smallest absolute Gasteiger partial charge is 0.348 e. The number of carbonyl (C=O) groups is 1. The SMILES string of the molecule is COC(=O)c1cc(P(C)(C)=O)cs1. The Morgan fingerprint density at radius 3 is 2.54 bits per heavy atom. The number of carbonyl (C=O) groups excluding carboxylic acids is 1. The van der Waals surface area contributed by atoms with Crippen LogP contribution in [0, 0.1) is 0 Å². The van der Waals surface area contributed by atoms with E-state index in [4.69, 9.17) is 0 Å². The fourth-order valence-corrected chi connectivity index (χ4v) is 3.21. The first kappa shape index (κ1) is 10.5. The van der Waals surface area contributed by atoms with Gasteiger partial charge >= 0.3 is 5.97 Å². The highest BCUT2D eigenvalue weighted by Gasteiger charge is 2.16. The zero-order chi connectivity index (χ0) is 10.1. The van der Waals surface area contributed by atoms with Crippen molar-refractivity contribution in [1.82, 2.24) is 0 Å². The van der Waals surface area contributed by atoms with Gasteiger partial charge in [0.05, 0.1) is 7.11 Å². The van der Waals surface area contributed by atoms with Crippen LogP contribution in [0.3, 0.4) is 0 Å². The summed E-state index contributed by atoms with van der Waals surface area (Å²) in [5.41, 5.74) is 0. The summed E-state index contributed by atoms with van der Waals surface area (Å²) in [6.45, 7) is 3.35. The fraction of sp³-hybridized carbons (Fsp3) is 0.375. The maximum absolute atomic E-state index is 11.6. The Kier molecular flexibility index (Phi) is 2.94. The molecule has 1 aromatic heterocycles. The number of esters is 1. The average molecular weight is 218 g/mol. The van der Waals surface area contributed by atoms with Crippen molar-refractivity contribution in [2.24, 2.45) is 0 Å². The molecule has 0 spiro atoms. The molecule has 0 bridgehead atoms. The minimum atomic E-state index is -2.24. The molecule has 1 heterocycles. The molecule has 13 heavy (non-hydrogen) atoms. The Balaban J connectivity index is 3.00. The number of hydrogen-bond acceptors (Lipinski definition) is 4. The van der Waals surface area contributed by atoms with Crippen molar-refractivity contribution < 1.29 is 14.1 Å². The topological polar surface area (TPSA) is 43.4 Å². The van der Waals surface area contributed by atoms with E-state index in [9.17, 15) is 9.36 Å². The van der Waals surface area contributed by atoms with Crippen LogP contribution in [0.25, 0.3) is 0 Å². The lowest BCUT2D eigenvalue weighted by molar-refractivity contribution is 0.0606. The molecule has 1 rings (SSSR count). The molecule has 0 aromatic carbocycles. The summed E-state index contributed by atoms with van der Waals surface area (Å²) < 4.78 is 16.1. The predicted octanol–water partition coefficient (Wildman–Crippen LogP) is 1.78. The van der Waals surface area contributed by atoms with Crippen LogP contribution < -0.4 is 5.30 Å². The minimum Gasteiger partial charge on any atom is -0.465 e. The second kappa shape index (κ2) is 3.64. The van der Waals surface area contributed by atoms with Crippen molar-refractivity contribution in [2.75, 3.05) is 20.4 Å². The zero-order valence-corrected chi connectivity index (χ0v) is 9.45. The standard InChI is InChI=1S/C8H11O3PS/c1-11-8(9)7-4-6(5-13-7)12(2,3)10/h4-5H,1-3H3. The van der Waals surface area contributed by atoms with E-state index < -0.39 is 7.14 Å². The van der Waals surface area contributed by atoms with Gasteiger partial charge in [0.1, 0.15) is 12.0 Å². The van der Waals surface area contributed by atoms with E-state index in [2.05, 4.69) is 4.74 Å².